The van der Waals surface area contributed by atoms with E-state index in [0.29, 0.717) is 41.9 Å². The number of pyridine rings is 2. The van der Waals surface area contributed by atoms with E-state index in [1.165, 1.54) is 51.0 Å². The first kappa shape index (κ1) is 23.6. The predicted molar refractivity (Wildman–Crippen MR) is 129 cm³/mol. The van der Waals surface area contributed by atoms with Gasteiger partial charge in [0.05, 0.1) is 18.3 Å². The molecule has 5 rings (SSSR count). The van der Waals surface area contributed by atoms with Crippen molar-refractivity contribution in [3.63, 3.8) is 0 Å². The van der Waals surface area contributed by atoms with E-state index in [-0.39, 0.29) is 0 Å². The first-order valence-electron chi connectivity index (χ1n) is 11.5. The maximum atomic E-state index is 10.6. The van der Waals surface area contributed by atoms with Crippen LogP contribution in [0.3, 0.4) is 0 Å². The molecule has 9 heteroatoms. The van der Waals surface area contributed by atoms with Crippen LogP contribution in [0.5, 0.6) is 17.4 Å². The molecule has 34 heavy (non-hydrogen) atoms. The van der Waals surface area contributed by atoms with Crippen LogP contribution in [-0.2, 0) is 6.54 Å². The molecule has 9 nitrogen and oxygen atoms in total. The molecule has 2 aliphatic rings. The summed E-state index contributed by atoms with van der Waals surface area (Å²) in [5.41, 5.74) is 2.73. The van der Waals surface area contributed by atoms with Crippen LogP contribution in [0.15, 0.2) is 42.6 Å². The molecule has 0 saturated heterocycles. The number of fused-ring (bicyclic) bond motifs is 2. The number of ether oxygens (including phenoxy) is 3. The van der Waals surface area contributed by atoms with E-state index in [1.54, 1.807) is 18.2 Å². The third kappa shape index (κ3) is 6.26. The quantitative estimate of drug-likeness (QED) is 0.499. The summed E-state index contributed by atoms with van der Waals surface area (Å²) in [6, 6.07) is 11.9. The van der Waals surface area contributed by atoms with Gasteiger partial charge in [-0.3, -0.25) is 10.3 Å². The topological polar surface area (TPSA) is 115 Å². The van der Waals surface area contributed by atoms with Crippen LogP contribution >= 0.6 is 0 Å². The molecule has 0 bridgehead atoms. The van der Waals surface area contributed by atoms with Gasteiger partial charge in [0.25, 0.3) is 0 Å². The minimum Gasteiger partial charge on any atom is -0.486 e. The average molecular weight is 467 g/mol. The van der Waals surface area contributed by atoms with Crippen molar-refractivity contribution in [2.45, 2.75) is 44.7 Å². The summed E-state index contributed by atoms with van der Waals surface area (Å²) in [5, 5.41) is 14.6. The lowest BCUT2D eigenvalue weighted by Gasteiger charge is -2.23. The Balaban J connectivity index is 0.000000162. The average Bonchev–Trinajstić information content (AvgIpc) is 2.88. The zero-order chi connectivity index (χ0) is 23.8. The highest BCUT2D eigenvalue weighted by Crippen LogP contribution is 2.31. The second kappa shape index (κ2) is 11.5. The summed E-state index contributed by atoms with van der Waals surface area (Å²) in [5.74, 6) is 2.18. The fourth-order valence-corrected chi connectivity index (χ4v) is 4.10. The normalized spacial score (nSPS) is 15.2. The summed E-state index contributed by atoms with van der Waals surface area (Å²) < 4.78 is 16.1. The molecule has 1 amide bonds. The van der Waals surface area contributed by atoms with Crippen molar-refractivity contribution in [3.05, 3.63) is 48.2 Å². The van der Waals surface area contributed by atoms with Crippen molar-refractivity contribution in [2.24, 2.45) is 0 Å². The van der Waals surface area contributed by atoms with E-state index in [9.17, 15) is 4.79 Å². The highest BCUT2D eigenvalue weighted by molar-refractivity contribution is 5.95. The van der Waals surface area contributed by atoms with Crippen molar-refractivity contribution in [2.75, 3.05) is 25.6 Å². The van der Waals surface area contributed by atoms with Gasteiger partial charge in [-0.05, 0) is 42.7 Å². The Kier molecular flexibility index (Phi) is 7.98. The smallest absolute Gasteiger partial charge is 0.409 e. The minimum absolute atomic E-state index is 0.386. The molecule has 1 aliphatic heterocycles. The molecule has 0 spiro atoms. The Morgan fingerprint density at radius 1 is 1.09 bits per heavy atom. The molecule has 180 valence electrons. The molecule has 1 fully saturated rings. The lowest BCUT2D eigenvalue weighted by atomic mass is 9.95. The first-order valence-corrected chi connectivity index (χ1v) is 11.5. The molecule has 1 aromatic carbocycles. The SMILES string of the molecule is COc1ccc2nccc(NC(=O)O)c2n1.c1cc2c(cc1CNC1CCCCC1)OCCO2. The molecular weight excluding hydrogens is 436 g/mol. The number of methoxy groups -OCH3 is 1. The molecule has 3 N–H and O–H groups in total. The van der Waals surface area contributed by atoms with E-state index < -0.39 is 6.09 Å². The van der Waals surface area contributed by atoms with Crippen molar-refractivity contribution < 1.29 is 24.1 Å². The predicted octanol–water partition coefficient (Wildman–Crippen LogP) is 4.61. The van der Waals surface area contributed by atoms with Crippen molar-refractivity contribution in [1.29, 1.82) is 0 Å². The third-order valence-corrected chi connectivity index (χ3v) is 5.82. The van der Waals surface area contributed by atoms with Crippen LogP contribution in [0.4, 0.5) is 10.5 Å². The maximum absolute atomic E-state index is 10.6. The third-order valence-electron chi connectivity index (χ3n) is 5.82. The molecule has 3 heterocycles. The Morgan fingerprint density at radius 2 is 1.88 bits per heavy atom. The number of hydrogen-bond donors (Lipinski definition) is 3. The van der Waals surface area contributed by atoms with Crippen LogP contribution in [-0.4, -0.2) is 47.5 Å². The van der Waals surface area contributed by atoms with E-state index in [1.807, 2.05) is 6.07 Å². The van der Waals surface area contributed by atoms with Gasteiger partial charge in [0.2, 0.25) is 5.88 Å². The molecule has 0 radical (unpaired) electrons. The summed E-state index contributed by atoms with van der Waals surface area (Å²) in [6.07, 6.45) is 7.17. The van der Waals surface area contributed by atoms with Gasteiger partial charge in [-0.25, -0.2) is 9.78 Å². The number of carbonyl (C=O) groups is 1. The monoisotopic (exact) mass is 466 g/mol. The van der Waals surface area contributed by atoms with Crippen molar-refractivity contribution in [1.82, 2.24) is 15.3 Å². The number of nitrogens with zero attached hydrogens (tertiary/aromatic N) is 2. The number of rotatable bonds is 5. The second-order valence-corrected chi connectivity index (χ2v) is 8.20. The van der Waals surface area contributed by atoms with Gasteiger partial charge >= 0.3 is 6.09 Å². The van der Waals surface area contributed by atoms with Gasteiger partial charge < -0.3 is 24.6 Å². The fourth-order valence-electron chi connectivity index (χ4n) is 4.10. The summed E-state index contributed by atoms with van der Waals surface area (Å²) in [6.45, 7) is 2.25. The van der Waals surface area contributed by atoms with E-state index in [0.717, 1.165) is 18.0 Å². The standard InChI is InChI=1S/C15H21NO2.C10H9N3O3/c1-2-4-13(5-3-1)16-11-12-6-7-14-15(10-12)18-9-8-17-14;1-16-8-3-2-6-9(13-8)7(4-5-11-6)12-10(14)15/h6-7,10,13,16H,1-5,8-9,11H2;2-5H,1H3,(H,11,12)(H,14,15). The second-order valence-electron chi connectivity index (χ2n) is 8.20. The molecular formula is C25H30N4O5. The first-order chi connectivity index (χ1) is 16.6. The largest absolute Gasteiger partial charge is 0.486 e. The van der Waals surface area contributed by atoms with Gasteiger partial charge in [-0.1, -0.05) is 25.3 Å². The van der Waals surface area contributed by atoms with Crippen molar-refractivity contribution in [3.8, 4) is 17.4 Å². The zero-order valence-corrected chi connectivity index (χ0v) is 19.3. The Hall–Kier alpha value is -3.59. The van der Waals surface area contributed by atoms with Crippen molar-refractivity contribution >= 4 is 22.8 Å². The highest BCUT2D eigenvalue weighted by Gasteiger charge is 2.14. The Bertz CT molecular complexity index is 1120. The van der Waals surface area contributed by atoms with E-state index in [2.05, 4.69) is 32.7 Å². The molecule has 1 saturated carbocycles. The molecule has 0 unspecified atom stereocenters. The highest BCUT2D eigenvalue weighted by atomic mass is 16.6. The Morgan fingerprint density at radius 3 is 2.65 bits per heavy atom. The van der Waals surface area contributed by atoms with Gasteiger partial charge in [-0.2, -0.15) is 0 Å². The van der Waals surface area contributed by atoms with Crippen LogP contribution in [0.1, 0.15) is 37.7 Å². The number of nitrogens with one attached hydrogen (secondary N) is 2. The molecule has 1 aliphatic carbocycles. The summed E-state index contributed by atoms with van der Waals surface area (Å²) in [7, 11) is 1.49. The molecule has 3 aromatic rings. The van der Waals surface area contributed by atoms with Gasteiger partial charge in [0.15, 0.2) is 11.5 Å². The maximum Gasteiger partial charge on any atom is 0.409 e. The van der Waals surface area contributed by atoms with Gasteiger partial charge in [0.1, 0.15) is 18.7 Å². The number of anilines is 1. The van der Waals surface area contributed by atoms with Gasteiger partial charge in [-0.15, -0.1) is 0 Å². The summed E-state index contributed by atoms with van der Waals surface area (Å²) >= 11 is 0. The number of benzene rings is 1. The number of carboxylic acid groups (broad SMARTS) is 1. The van der Waals surface area contributed by atoms with Crippen LogP contribution in [0, 0.1) is 0 Å². The van der Waals surface area contributed by atoms with Crippen LogP contribution < -0.4 is 24.8 Å². The minimum atomic E-state index is -1.14. The molecule has 2 aromatic heterocycles. The van der Waals surface area contributed by atoms with E-state index >= 15 is 0 Å². The number of aromatic nitrogens is 2. The van der Waals surface area contributed by atoms with Gasteiger partial charge in [0, 0.05) is 24.8 Å². The molecule has 0 atom stereocenters. The lowest BCUT2D eigenvalue weighted by molar-refractivity contribution is 0.171. The number of hydrogen-bond acceptors (Lipinski definition) is 7. The summed E-state index contributed by atoms with van der Waals surface area (Å²) in [4.78, 5) is 18.8. The van der Waals surface area contributed by atoms with Crippen LogP contribution in [0.2, 0.25) is 0 Å². The van der Waals surface area contributed by atoms with Crippen LogP contribution in [0.25, 0.3) is 11.0 Å². The zero-order valence-electron chi connectivity index (χ0n) is 19.3. The van der Waals surface area contributed by atoms with E-state index in [4.69, 9.17) is 19.3 Å². The fraction of sp³-hybridized carbons (Fsp3) is 0.400. The lowest BCUT2D eigenvalue weighted by Crippen LogP contribution is -2.30. The number of amides is 1. The Labute approximate surface area is 198 Å².